The van der Waals surface area contributed by atoms with Gasteiger partial charge in [0.05, 0.1) is 33.3 Å². The van der Waals surface area contributed by atoms with E-state index in [9.17, 15) is 0 Å². The van der Waals surface area contributed by atoms with E-state index in [1.165, 1.54) is 10.8 Å². The van der Waals surface area contributed by atoms with Crippen molar-refractivity contribution in [1.82, 2.24) is 23.9 Å². The molecule has 0 aliphatic heterocycles. The van der Waals surface area contributed by atoms with Crippen molar-refractivity contribution in [2.45, 2.75) is 0 Å². The van der Waals surface area contributed by atoms with E-state index in [4.69, 9.17) is 15.0 Å². The Morgan fingerprint density at radius 2 is 1.02 bits per heavy atom. The van der Waals surface area contributed by atoms with Crippen molar-refractivity contribution in [2.75, 3.05) is 0 Å². The van der Waals surface area contributed by atoms with Gasteiger partial charge in [0.1, 0.15) is 11.5 Å². The third-order valence-electron chi connectivity index (χ3n) is 9.09. The number of pyridine rings is 1. The molecule has 10 aromatic rings. The molecule has 0 bridgehead atoms. The first-order valence-corrected chi connectivity index (χ1v) is 15.5. The number of benzene rings is 6. The van der Waals surface area contributed by atoms with Crippen LogP contribution < -0.4 is 0 Å². The number of imidazole rings is 1. The number of hydrogen-bond donors (Lipinski definition) is 0. The van der Waals surface area contributed by atoms with Crippen LogP contribution in [0.2, 0.25) is 0 Å². The summed E-state index contributed by atoms with van der Waals surface area (Å²) in [7, 11) is 0. The Kier molecular flexibility index (Phi) is 5.22. The number of para-hydroxylation sites is 4. The summed E-state index contributed by atoms with van der Waals surface area (Å²) in [4.78, 5) is 15.5. The van der Waals surface area contributed by atoms with Crippen LogP contribution in [-0.4, -0.2) is 23.9 Å². The molecule has 6 aromatic carbocycles. The SMILES string of the molecule is c1ccc(-c2cc(-n3c4ccccc4c4cc5c(cc43)c3ccccc3n3c4ccccc4nc53)nc(-c3ccccc3)n2)cc1. The van der Waals surface area contributed by atoms with Gasteiger partial charge in [0, 0.05) is 38.7 Å². The molecule has 4 heterocycles. The van der Waals surface area contributed by atoms with Crippen LogP contribution in [0.1, 0.15) is 0 Å². The quantitative estimate of drug-likeness (QED) is 0.193. The summed E-state index contributed by atoms with van der Waals surface area (Å²) < 4.78 is 4.60. The lowest BCUT2D eigenvalue weighted by Crippen LogP contribution is -2.02. The molecule has 0 N–H and O–H groups in total. The van der Waals surface area contributed by atoms with Crippen molar-refractivity contribution < 1.29 is 0 Å². The summed E-state index contributed by atoms with van der Waals surface area (Å²) in [6.07, 6.45) is 0. The first kappa shape index (κ1) is 25.0. The molecular weight excluding hydrogens is 562 g/mol. The summed E-state index contributed by atoms with van der Waals surface area (Å²) in [5, 5.41) is 5.81. The highest BCUT2D eigenvalue weighted by molar-refractivity contribution is 6.21. The van der Waals surface area contributed by atoms with Gasteiger partial charge >= 0.3 is 0 Å². The molecule has 46 heavy (non-hydrogen) atoms. The lowest BCUT2D eigenvalue weighted by atomic mass is 10.0. The van der Waals surface area contributed by atoms with Crippen molar-refractivity contribution in [3.63, 3.8) is 0 Å². The van der Waals surface area contributed by atoms with Crippen LogP contribution in [0.5, 0.6) is 0 Å². The highest BCUT2D eigenvalue weighted by Crippen LogP contribution is 2.39. The fourth-order valence-corrected chi connectivity index (χ4v) is 7.04. The van der Waals surface area contributed by atoms with Crippen molar-refractivity contribution in [3.05, 3.63) is 152 Å². The lowest BCUT2D eigenvalue weighted by Gasteiger charge is -2.13. The summed E-state index contributed by atoms with van der Waals surface area (Å²) in [6, 6.07) is 53.0. The number of nitrogens with zero attached hydrogens (tertiary/aromatic N) is 5. The van der Waals surface area contributed by atoms with Crippen LogP contribution >= 0.6 is 0 Å². The smallest absolute Gasteiger partial charge is 0.162 e. The normalized spacial score (nSPS) is 11.9. The number of fused-ring (bicyclic) bond motifs is 11. The molecule has 0 saturated heterocycles. The standard InChI is InChI=1S/C41H25N5/c1-3-13-26(14-4-1)34-25-39(44-40(42-34)27-15-5-2-6-16-27)45-35-20-10-8-18-29(35)31-23-32-30(24-38(31)45)28-17-7-11-21-36(28)46-37-22-12-9-19-33(37)43-41(32)46/h1-25H. The Labute approximate surface area is 263 Å². The monoisotopic (exact) mass is 587 g/mol. The zero-order valence-electron chi connectivity index (χ0n) is 24.7. The second-order valence-electron chi connectivity index (χ2n) is 11.7. The van der Waals surface area contributed by atoms with E-state index in [0.717, 1.165) is 72.0 Å². The van der Waals surface area contributed by atoms with Crippen LogP contribution in [0, 0.1) is 0 Å². The van der Waals surface area contributed by atoms with Crippen molar-refractivity contribution >= 4 is 60.2 Å². The third-order valence-corrected chi connectivity index (χ3v) is 9.09. The molecule has 0 aliphatic rings. The first-order chi connectivity index (χ1) is 22.8. The fraction of sp³-hybridized carbons (Fsp3) is 0. The lowest BCUT2D eigenvalue weighted by molar-refractivity contribution is 1.05. The summed E-state index contributed by atoms with van der Waals surface area (Å²) in [5.74, 6) is 1.52. The van der Waals surface area contributed by atoms with E-state index in [1.54, 1.807) is 0 Å². The molecule has 0 aliphatic carbocycles. The molecule has 0 saturated carbocycles. The average molecular weight is 588 g/mol. The van der Waals surface area contributed by atoms with E-state index >= 15 is 0 Å². The average Bonchev–Trinajstić information content (AvgIpc) is 3.68. The Morgan fingerprint density at radius 1 is 0.391 bits per heavy atom. The van der Waals surface area contributed by atoms with E-state index < -0.39 is 0 Å². The van der Waals surface area contributed by atoms with Gasteiger partial charge in [0.2, 0.25) is 0 Å². The van der Waals surface area contributed by atoms with Crippen LogP contribution in [-0.2, 0) is 0 Å². The van der Waals surface area contributed by atoms with Gasteiger partial charge in [-0.15, -0.1) is 0 Å². The molecule has 0 atom stereocenters. The van der Waals surface area contributed by atoms with Crippen LogP contribution in [0.4, 0.5) is 0 Å². The van der Waals surface area contributed by atoms with Gasteiger partial charge in [-0.2, -0.15) is 0 Å². The Hall–Kier alpha value is -6.33. The number of rotatable bonds is 3. The topological polar surface area (TPSA) is 48.0 Å². The second-order valence-corrected chi connectivity index (χ2v) is 11.7. The summed E-state index contributed by atoms with van der Waals surface area (Å²) in [6.45, 7) is 0. The highest BCUT2D eigenvalue weighted by atomic mass is 15.1. The van der Waals surface area contributed by atoms with Gasteiger partial charge in [0.15, 0.2) is 5.82 Å². The maximum atomic E-state index is 5.23. The Balaban J connectivity index is 1.36. The molecule has 4 aromatic heterocycles. The summed E-state index contributed by atoms with van der Waals surface area (Å²) in [5.41, 5.74) is 9.31. The summed E-state index contributed by atoms with van der Waals surface area (Å²) >= 11 is 0. The highest BCUT2D eigenvalue weighted by Gasteiger charge is 2.20. The third kappa shape index (κ3) is 3.60. The predicted molar refractivity (Wildman–Crippen MR) is 189 cm³/mol. The molecular formula is C41H25N5. The van der Waals surface area contributed by atoms with Crippen LogP contribution in [0.15, 0.2) is 152 Å². The molecule has 5 heteroatoms. The minimum Gasteiger partial charge on any atom is -0.294 e. The predicted octanol–water partition coefficient (Wildman–Crippen LogP) is 10.0. The van der Waals surface area contributed by atoms with E-state index in [0.29, 0.717) is 5.82 Å². The van der Waals surface area contributed by atoms with Crippen molar-refractivity contribution in [3.8, 4) is 28.5 Å². The Morgan fingerprint density at radius 3 is 1.80 bits per heavy atom. The first-order valence-electron chi connectivity index (χ1n) is 15.5. The van der Waals surface area contributed by atoms with Crippen molar-refractivity contribution in [2.24, 2.45) is 0 Å². The fourth-order valence-electron chi connectivity index (χ4n) is 7.04. The second kappa shape index (κ2) is 9.58. The maximum Gasteiger partial charge on any atom is 0.162 e. The molecule has 0 radical (unpaired) electrons. The molecule has 0 amide bonds. The number of hydrogen-bond acceptors (Lipinski definition) is 3. The maximum absolute atomic E-state index is 5.23. The van der Waals surface area contributed by atoms with Crippen molar-refractivity contribution in [1.29, 1.82) is 0 Å². The van der Waals surface area contributed by atoms with Crippen LogP contribution in [0.25, 0.3) is 88.6 Å². The van der Waals surface area contributed by atoms with Gasteiger partial charge in [-0.1, -0.05) is 109 Å². The largest absolute Gasteiger partial charge is 0.294 e. The molecule has 0 spiro atoms. The molecule has 5 nitrogen and oxygen atoms in total. The molecule has 214 valence electrons. The zero-order valence-corrected chi connectivity index (χ0v) is 24.7. The molecule has 0 unspecified atom stereocenters. The van der Waals surface area contributed by atoms with E-state index in [-0.39, 0.29) is 0 Å². The van der Waals surface area contributed by atoms with Gasteiger partial charge in [-0.25, -0.2) is 15.0 Å². The van der Waals surface area contributed by atoms with E-state index in [1.807, 2.05) is 24.3 Å². The molecule has 0 fully saturated rings. The van der Waals surface area contributed by atoms with Gasteiger partial charge in [-0.05, 0) is 41.8 Å². The Bertz CT molecular complexity index is 2740. The van der Waals surface area contributed by atoms with Crippen LogP contribution in [0.3, 0.4) is 0 Å². The zero-order chi connectivity index (χ0) is 30.2. The molecule has 10 rings (SSSR count). The number of aromatic nitrogens is 5. The van der Waals surface area contributed by atoms with E-state index in [2.05, 4.69) is 136 Å². The minimum absolute atomic E-state index is 0.694. The van der Waals surface area contributed by atoms with Gasteiger partial charge < -0.3 is 0 Å². The van der Waals surface area contributed by atoms with Gasteiger partial charge in [0.25, 0.3) is 0 Å². The minimum atomic E-state index is 0.694. The van der Waals surface area contributed by atoms with Gasteiger partial charge in [-0.3, -0.25) is 8.97 Å².